The minimum Gasteiger partial charge on any atom is -0.398 e. The van der Waals surface area contributed by atoms with Crippen LogP contribution in [0.5, 0.6) is 0 Å². The predicted octanol–water partition coefficient (Wildman–Crippen LogP) is 2.36. The van der Waals surface area contributed by atoms with Crippen LogP contribution in [0.3, 0.4) is 0 Å². The van der Waals surface area contributed by atoms with Crippen molar-refractivity contribution in [3.63, 3.8) is 0 Å². The van der Waals surface area contributed by atoms with Crippen LogP contribution in [0.4, 0.5) is 10.1 Å². The van der Waals surface area contributed by atoms with Gasteiger partial charge in [-0.25, -0.2) is 4.39 Å². The van der Waals surface area contributed by atoms with Crippen LogP contribution in [0, 0.1) is 5.82 Å². The van der Waals surface area contributed by atoms with Crippen LogP contribution in [0.25, 0.3) is 0 Å². The lowest BCUT2D eigenvalue weighted by atomic mass is 10.0. The number of nitrogen functional groups attached to an aromatic ring is 1. The molecule has 0 radical (unpaired) electrons. The summed E-state index contributed by atoms with van der Waals surface area (Å²) >= 11 is 5.98. The number of aliphatic hydroxyl groups is 1. The summed E-state index contributed by atoms with van der Waals surface area (Å²) in [6, 6.07) is 3.85. The van der Waals surface area contributed by atoms with E-state index >= 15 is 0 Å². The van der Waals surface area contributed by atoms with Crippen LogP contribution in [0.1, 0.15) is 24.3 Å². The maximum atomic E-state index is 13.2. The van der Waals surface area contributed by atoms with E-state index in [1.54, 1.807) is 4.68 Å². The first kappa shape index (κ1) is 12.9. The van der Waals surface area contributed by atoms with Crippen molar-refractivity contribution < 1.29 is 9.50 Å². The summed E-state index contributed by atoms with van der Waals surface area (Å²) in [4.78, 5) is 0. The Kier molecular flexibility index (Phi) is 3.54. The zero-order valence-corrected chi connectivity index (χ0v) is 10.5. The summed E-state index contributed by atoms with van der Waals surface area (Å²) < 4.78 is 14.8. The number of aryl methyl sites for hydroxylation is 1. The Morgan fingerprint density at radius 1 is 1.56 bits per heavy atom. The first-order valence-electron chi connectivity index (χ1n) is 5.48. The van der Waals surface area contributed by atoms with Crippen molar-refractivity contribution in [3.05, 3.63) is 46.5 Å². The Hall–Kier alpha value is -1.59. The van der Waals surface area contributed by atoms with Gasteiger partial charge in [-0.2, -0.15) is 5.10 Å². The lowest BCUT2D eigenvalue weighted by Crippen LogP contribution is -2.11. The van der Waals surface area contributed by atoms with Gasteiger partial charge in [-0.05, 0) is 25.1 Å². The zero-order chi connectivity index (χ0) is 13.3. The van der Waals surface area contributed by atoms with Crippen molar-refractivity contribution in [1.82, 2.24) is 9.78 Å². The number of aliphatic hydroxyl groups excluding tert-OH is 1. The Balaban J connectivity index is 2.50. The number of benzene rings is 1. The molecule has 6 heteroatoms. The molecule has 0 fully saturated rings. The van der Waals surface area contributed by atoms with Crippen molar-refractivity contribution >= 4 is 17.3 Å². The number of hydrogen-bond donors (Lipinski definition) is 2. The lowest BCUT2D eigenvalue weighted by molar-refractivity contribution is 0.208. The van der Waals surface area contributed by atoms with E-state index in [0.29, 0.717) is 22.9 Å². The van der Waals surface area contributed by atoms with Gasteiger partial charge >= 0.3 is 0 Å². The monoisotopic (exact) mass is 269 g/mol. The van der Waals surface area contributed by atoms with Gasteiger partial charge in [-0.3, -0.25) is 4.68 Å². The van der Waals surface area contributed by atoms with E-state index in [9.17, 15) is 9.50 Å². The highest BCUT2D eigenvalue weighted by Gasteiger charge is 2.21. The van der Waals surface area contributed by atoms with Crippen LogP contribution in [0.2, 0.25) is 5.02 Å². The first-order chi connectivity index (χ1) is 8.54. The Bertz CT molecular complexity index is 570. The summed E-state index contributed by atoms with van der Waals surface area (Å²) in [7, 11) is 0. The number of rotatable bonds is 3. The molecule has 4 nitrogen and oxygen atoms in total. The number of nitrogens with two attached hydrogens (primary N) is 1. The molecule has 1 heterocycles. The number of halogens is 2. The maximum Gasteiger partial charge on any atom is 0.124 e. The van der Waals surface area contributed by atoms with Crippen molar-refractivity contribution in [1.29, 1.82) is 0 Å². The summed E-state index contributed by atoms with van der Waals surface area (Å²) in [5.41, 5.74) is 6.75. The molecule has 0 aliphatic heterocycles. The molecule has 0 saturated carbocycles. The predicted molar refractivity (Wildman–Crippen MR) is 67.8 cm³/mol. The zero-order valence-electron chi connectivity index (χ0n) is 9.77. The molecule has 1 unspecified atom stereocenters. The quantitative estimate of drug-likeness (QED) is 0.841. The van der Waals surface area contributed by atoms with Crippen LogP contribution < -0.4 is 5.73 Å². The van der Waals surface area contributed by atoms with E-state index in [-0.39, 0.29) is 5.56 Å². The molecule has 18 heavy (non-hydrogen) atoms. The molecule has 2 rings (SSSR count). The number of anilines is 1. The second-order valence-electron chi connectivity index (χ2n) is 3.87. The van der Waals surface area contributed by atoms with Crippen LogP contribution in [-0.4, -0.2) is 14.9 Å². The highest BCUT2D eigenvalue weighted by atomic mass is 35.5. The van der Waals surface area contributed by atoms with Gasteiger partial charge in [0.15, 0.2) is 0 Å². The van der Waals surface area contributed by atoms with Gasteiger partial charge in [0, 0.05) is 17.8 Å². The van der Waals surface area contributed by atoms with Gasteiger partial charge in [0.05, 0.1) is 16.9 Å². The fourth-order valence-electron chi connectivity index (χ4n) is 1.83. The number of nitrogens with zero attached hydrogens (tertiary/aromatic N) is 2. The third-order valence-electron chi connectivity index (χ3n) is 2.74. The molecule has 1 atom stereocenters. The summed E-state index contributed by atoms with van der Waals surface area (Å²) in [6.07, 6.45) is 0.342. The molecule has 0 amide bonds. The molecule has 3 N–H and O–H groups in total. The van der Waals surface area contributed by atoms with Crippen molar-refractivity contribution in [2.45, 2.75) is 19.6 Å². The molecule has 0 aliphatic carbocycles. The molecule has 0 aliphatic rings. The van der Waals surface area contributed by atoms with E-state index < -0.39 is 11.9 Å². The summed E-state index contributed by atoms with van der Waals surface area (Å²) in [5.74, 6) is -0.461. The van der Waals surface area contributed by atoms with Crippen molar-refractivity contribution in [2.24, 2.45) is 0 Å². The largest absolute Gasteiger partial charge is 0.398 e. The third-order valence-corrected chi connectivity index (χ3v) is 3.03. The Morgan fingerprint density at radius 3 is 2.94 bits per heavy atom. The molecule has 0 saturated heterocycles. The third kappa shape index (κ3) is 2.19. The number of aromatic nitrogens is 2. The van der Waals surface area contributed by atoms with Gasteiger partial charge < -0.3 is 10.8 Å². The van der Waals surface area contributed by atoms with E-state index in [1.807, 2.05) is 6.92 Å². The van der Waals surface area contributed by atoms with Crippen LogP contribution >= 0.6 is 11.6 Å². The minimum absolute atomic E-state index is 0.284. The molecular formula is C12H13ClFN3O. The highest BCUT2D eigenvalue weighted by molar-refractivity contribution is 6.31. The van der Waals surface area contributed by atoms with Crippen LogP contribution in [-0.2, 0) is 6.54 Å². The van der Waals surface area contributed by atoms with Crippen LogP contribution in [0.15, 0.2) is 24.4 Å². The van der Waals surface area contributed by atoms with Crippen molar-refractivity contribution in [3.8, 4) is 0 Å². The molecule has 0 spiro atoms. The Morgan fingerprint density at radius 2 is 2.28 bits per heavy atom. The van der Waals surface area contributed by atoms with Gasteiger partial charge in [0.1, 0.15) is 11.9 Å². The molecular weight excluding hydrogens is 257 g/mol. The fraction of sp³-hybridized carbons (Fsp3) is 0.250. The smallest absolute Gasteiger partial charge is 0.124 e. The topological polar surface area (TPSA) is 64.1 Å². The lowest BCUT2D eigenvalue weighted by Gasteiger charge is -2.15. The first-order valence-corrected chi connectivity index (χ1v) is 5.86. The second kappa shape index (κ2) is 4.96. The fourth-order valence-corrected chi connectivity index (χ4v) is 2.07. The SMILES string of the molecule is CCn1ncc(Cl)c1C(O)c1cc(F)ccc1N. The molecule has 1 aromatic carbocycles. The average Bonchev–Trinajstić information content (AvgIpc) is 2.72. The van der Waals surface area contributed by atoms with E-state index in [0.717, 1.165) is 0 Å². The Labute approximate surface area is 109 Å². The number of hydrogen-bond acceptors (Lipinski definition) is 3. The van der Waals surface area contributed by atoms with E-state index in [4.69, 9.17) is 17.3 Å². The van der Waals surface area contributed by atoms with Gasteiger partial charge in [0.25, 0.3) is 0 Å². The normalized spacial score (nSPS) is 12.7. The van der Waals surface area contributed by atoms with E-state index in [2.05, 4.69) is 5.10 Å². The standard InChI is InChI=1S/C12H13ClFN3O/c1-2-17-11(9(13)6-16-17)12(18)8-5-7(14)3-4-10(8)15/h3-6,12,18H,2,15H2,1H3. The average molecular weight is 270 g/mol. The van der Waals surface area contributed by atoms with Gasteiger partial charge in [-0.15, -0.1) is 0 Å². The highest BCUT2D eigenvalue weighted by Crippen LogP contribution is 2.31. The maximum absolute atomic E-state index is 13.2. The second-order valence-corrected chi connectivity index (χ2v) is 4.28. The van der Waals surface area contributed by atoms with Gasteiger partial charge in [0.2, 0.25) is 0 Å². The van der Waals surface area contributed by atoms with E-state index in [1.165, 1.54) is 24.4 Å². The summed E-state index contributed by atoms with van der Waals surface area (Å²) in [6.45, 7) is 2.42. The molecule has 2 aromatic rings. The molecule has 96 valence electrons. The minimum atomic E-state index is -1.10. The molecule has 0 bridgehead atoms. The van der Waals surface area contributed by atoms with Gasteiger partial charge in [-0.1, -0.05) is 11.6 Å². The molecule has 1 aromatic heterocycles. The summed E-state index contributed by atoms with van der Waals surface area (Å²) in [5, 5.41) is 14.6. The van der Waals surface area contributed by atoms with Crippen molar-refractivity contribution in [2.75, 3.05) is 5.73 Å².